The van der Waals surface area contributed by atoms with Crippen molar-refractivity contribution in [3.8, 4) is 11.5 Å². The van der Waals surface area contributed by atoms with E-state index in [0.29, 0.717) is 5.56 Å². The van der Waals surface area contributed by atoms with Crippen LogP contribution in [0.1, 0.15) is 11.9 Å². The van der Waals surface area contributed by atoms with Gasteiger partial charge in [-0.1, -0.05) is 30.3 Å². The first-order valence-electron chi connectivity index (χ1n) is 10.1. The van der Waals surface area contributed by atoms with Crippen LogP contribution in [0, 0.1) is 20.2 Å². The third-order valence-corrected chi connectivity index (χ3v) is 4.88. The summed E-state index contributed by atoms with van der Waals surface area (Å²) in [6, 6.07) is 18.1. The van der Waals surface area contributed by atoms with Gasteiger partial charge in [-0.15, -0.1) is 0 Å². The molecule has 3 aromatic carbocycles. The number of non-ortho nitro benzene ring substituents is 2. The summed E-state index contributed by atoms with van der Waals surface area (Å²) in [5, 5.41) is 21.6. The van der Waals surface area contributed by atoms with E-state index in [1.54, 1.807) is 30.3 Å². The quantitative estimate of drug-likeness (QED) is 0.212. The number of nitrogens with zero attached hydrogens (tertiary/aromatic N) is 2. The first kappa shape index (κ1) is 23.5. The van der Waals surface area contributed by atoms with Crippen LogP contribution in [-0.4, -0.2) is 34.0 Å². The molecule has 0 aliphatic carbocycles. The minimum atomic E-state index is -1.53. The van der Waals surface area contributed by atoms with Gasteiger partial charge in [-0.3, -0.25) is 20.2 Å². The lowest BCUT2D eigenvalue weighted by Gasteiger charge is -2.14. The number of rotatable bonds is 7. The number of esters is 2. The molecule has 1 aliphatic rings. The van der Waals surface area contributed by atoms with Crippen molar-refractivity contribution in [1.82, 2.24) is 0 Å². The van der Waals surface area contributed by atoms with E-state index in [0.717, 1.165) is 24.3 Å². The summed E-state index contributed by atoms with van der Waals surface area (Å²) in [5.74, 6) is -1.98. The minimum Gasteiger partial charge on any atom is -0.425 e. The van der Waals surface area contributed by atoms with E-state index >= 15 is 0 Å². The summed E-state index contributed by atoms with van der Waals surface area (Å²) in [4.78, 5) is 46.1. The molecule has 35 heavy (non-hydrogen) atoms. The first-order valence-corrected chi connectivity index (χ1v) is 10.1. The van der Waals surface area contributed by atoms with Gasteiger partial charge < -0.3 is 18.9 Å². The third-order valence-electron chi connectivity index (χ3n) is 4.88. The van der Waals surface area contributed by atoms with E-state index in [2.05, 4.69) is 0 Å². The van der Waals surface area contributed by atoms with Gasteiger partial charge in [0.25, 0.3) is 11.4 Å². The lowest BCUT2D eigenvalue weighted by atomic mass is 10.2. The summed E-state index contributed by atoms with van der Waals surface area (Å²) in [6.07, 6.45) is -4.14. The highest BCUT2D eigenvalue weighted by molar-refractivity contribution is 5.88. The molecule has 178 valence electrons. The highest BCUT2D eigenvalue weighted by Gasteiger charge is 2.48. The number of hydrogen-bond donors (Lipinski definition) is 0. The number of ether oxygens (including phenoxy) is 4. The van der Waals surface area contributed by atoms with E-state index in [1.165, 1.54) is 24.3 Å². The van der Waals surface area contributed by atoms with Crippen LogP contribution in [0.25, 0.3) is 0 Å². The van der Waals surface area contributed by atoms with Crippen LogP contribution < -0.4 is 9.47 Å². The van der Waals surface area contributed by atoms with Crippen molar-refractivity contribution in [2.24, 2.45) is 0 Å². The molecule has 1 saturated heterocycles. The molecule has 0 saturated carbocycles. The summed E-state index contributed by atoms with van der Waals surface area (Å²) in [5.41, 5.74) is 0.143. The van der Waals surface area contributed by atoms with Gasteiger partial charge in [-0.2, -0.15) is 0 Å². The normalized spacial score (nSPS) is 17.5. The van der Waals surface area contributed by atoms with Crippen molar-refractivity contribution < 1.29 is 38.4 Å². The number of benzene rings is 3. The van der Waals surface area contributed by atoms with E-state index < -0.39 is 40.3 Å². The molecule has 0 bridgehead atoms. The molecule has 4 rings (SSSR count). The van der Waals surface area contributed by atoms with Gasteiger partial charge in [0.2, 0.25) is 0 Å². The predicted molar refractivity (Wildman–Crippen MR) is 116 cm³/mol. The van der Waals surface area contributed by atoms with Crippen molar-refractivity contribution >= 4 is 23.3 Å². The molecule has 0 amide bonds. The van der Waals surface area contributed by atoms with Crippen LogP contribution in [0.15, 0.2) is 78.9 Å². The molecule has 1 heterocycles. The highest BCUT2D eigenvalue weighted by Crippen LogP contribution is 2.33. The van der Waals surface area contributed by atoms with Crippen molar-refractivity contribution in [2.45, 2.75) is 18.5 Å². The van der Waals surface area contributed by atoms with E-state index in [1.807, 2.05) is 0 Å². The van der Waals surface area contributed by atoms with E-state index in [-0.39, 0.29) is 22.9 Å². The summed E-state index contributed by atoms with van der Waals surface area (Å²) < 4.78 is 21.8. The minimum absolute atomic E-state index is 0.00477. The molecule has 12 nitrogen and oxygen atoms in total. The van der Waals surface area contributed by atoms with Crippen LogP contribution in [0.2, 0.25) is 0 Å². The molecule has 0 spiro atoms. The highest BCUT2D eigenvalue weighted by atomic mass is 16.8. The topological polar surface area (TPSA) is 157 Å². The Morgan fingerprint density at radius 1 is 0.657 bits per heavy atom. The van der Waals surface area contributed by atoms with Crippen LogP contribution in [0.5, 0.6) is 11.5 Å². The Morgan fingerprint density at radius 2 is 1.06 bits per heavy atom. The summed E-state index contributed by atoms with van der Waals surface area (Å²) in [6.45, 7) is 0. The lowest BCUT2D eigenvalue weighted by molar-refractivity contribution is -0.385. The second kappa shape index (κ2) is 10.1. The number of carbonyl (C=O) groups excluding carboxylic acids is 2. The average Bonchev–Trinajstić information content (AvgIpc) is 3.31. The van der Waals surface area contributed by atoms with Crippen molar-refractivity contribution in [1.29, 1.82) is 0 Å². The van der Waals surface area contributed by atoms with Crippen LogP contribution in [0.3, 0.4) is 0 Å². The molecule has 1 fully saturated rings. The SMILES string of the molecule is O=C(Oc1ccc([N+](=O)[O-])cc1)[C@@H]1OC(c2ccccc2)O[C@H]1C(=O)Oc1ccc([N+](=O)[O-])cc1. The maximum Gasteiger partial charge on any atom is 0.344 e. The molecule has 2 atom stereocenters. The van der Waals surface area contributed by atoms with Gasteiger partial charge in [-0.05, 0) is 24.3 Å². The molecular weight excluding hydrogens is 464 g/mol. The fraction of sp³-hybridized carbons (Fsp3) is 0.130. The fourth-order valence-corrected chi connectivity index (χ4v) is 3.19. The Morgan fingerprint density at radius 3 is 1.43 bits per heavy atom. The monoisotopic (exact) mass is 480 g/mol. The number of nitro groups is 2. The summed E-state index contributed by atoms with van der Waals surface area (Å²) >= 11 is 0. The van der Waals surface area contributed by atoms with Gasteiger partial charge in [0.05, 0.1) is 9.85 Å². The van der Waals surface area contributed by atoms with Crippen molar-refractivity contribution in [2.75, 3.05) is 0 Å². The largest absolute Gasteiger partial charge is 0.425 e. The Hall–Kier alpha value is -4.68. The van der Waals surface area contributed by atoms with Crippen LogP contribution in [-0.2, 0) is 19.1 Å². The zero-order chi connectivity index (χ0) is 24.9. The standard InChI is InChI=1S/C23H16N2O10/c26-21(32-17-10-6-15(7-11-17)24(28)29)19-20(35-23(34-19)14-4-2-1-3-5-14)22(27)33-18-12-8-16(9-13-18)25(30)31/h1-13,19-20,23H/t19-,20-/m1/s1. The Balaban J connectivity index is 1.53. The first-order chi connectivity index (χ1) is 16.8. The maximum absolute atomic E-state index is 12.9. The molecule has 0 N–H and O–H groups in total. The van der Waals surface area contributed by atoms with E-state index in [4.69, 9.17) is 18.9 Å². The molecule has 0 aromatic heterocycles. The van der Waals surface area contributed by atoms with Gasteiger partial charge in [-0.25, -0.2) is 9.59 Å². The second-order valence-electron chi connectivity index (χ2n) is 7.20. The van der Waals surface area contributed by atoms with Crippen molar-refractivity contribution in [3.63, 3.8) is 0 Å². The summed E-state index contributed by atoms with van der Waals surface area (Å²) in [7, 11) is 0. The van der Waals surface area contributed by atoms with Gasteiger partial charge in [0, 0.05) is 29.8 Å². The van der Waals surface area contributed by atoms with E-state index in [9.17, 15) is 29.8 Å². The number of carbonyl (C=O) groups is 2. The smallest absolute Gasteiger partial charge is 0.344 e. The zero-order valence-corrected chi connectivity index (χ0v) is 17.7. The predicted octanol–water partition coefficient (Wildman–Crippen LogP) is 3.50. The molecule has 12 heteroatoms. The maximum atomic E-state index is 12.9. The third kappa shape index (κ3) is 5.46. The van der Waals surface area contributed by atoms with Gasteiger partial charge >= 0.3 is 11.9 Å². The van der Waals surface area contributed by atoms with Crippen molar-refractivity contribution in [3.05, 3.63) is 105 Å². The molecule has 1 aliphatic heterocycles. The van der Waals surface area contributed by atoms with Crippen LogP contribution >= 0.6 is 0 Å². The average molecular weight is 480 g/mol. The number of nitro benzene ring substituents is 2. The number of hydrogen-bond acceptors (Lipinski definition) is 10. The van der Waals surface area contributed by atoms with Gasteiger partial charge in [0.1, 0.15) is 11.5 Å². The molecule has 0 radical (unpaired) electrons. The molecular formula is C23H16N2O10. The van der Waals surface area contributed by atoms with Crippen LogP contribution in [0.4, 0.5) is 11.4 Å². The molecule has 0 unspecified atom stereocenters. The molecule has 3 aromatic rings. The Labute approximate surface area is 196 Å². The Bertz CT molecular complexity index is 1170. The zero-order valence-electron chi connectivity index (χ0n) is 17.7. The fourth-order valence-electron chi connectivity index (χ4n) is 3.19. The lowest BCUT2D eigenvalue weighted by Crippen LogP contribution is -2.41. The second-order valence-corrected chi connectivity index (χ2v) is 7.20. The van der Waals surface area contributed by atoms with Gasteiger partial charge in [0.15, 0.2) is 18.5 Å². The Kier molecular flexibility index (Phi) is 6.76.